The molecule has 0 spiro atoms. The molecule has 274 valence electrons. The van der Waals surface area contributed by atoms with E-state index in [9.17, 15) is 24.4 Å². The zero-order valence-corrected chi connectivity index (χ0v) is 30.2. The number of nitrogens with one attached hydrogen (secondary N) is 2. The number of hydrogen-bond donors (Lipinski definition) is 6. The van der Waals surface area contributed by atoms with Crippen LogP contribution in [0.1, 0.15) is 61.3 Å². The van der Waals surface area contributed by atoms with Gasteiger partial charge in [0.1, 0.15) is 29.9 Å². The standard InChI is InChI=1S/C30H54N7O10P/c1-10-45-27(39)20(12-16(3)4)36-48(42,37-21(13-17(5)6)28(40)46-11-2)47-15-22(43-8)24(38)30(41)18(7)19(30)14-33-23-25(31)34-29(32)35-26(23)44-9/h14,16-22,24,38,41H,10-13,15H2,1-9H3,(H2,36,37,42)(H4,31,32,34,35)/t18?,19?,20?,21?,22?,24?,30-,48?/m0/s1. The normalized spacial score (nSPS) is 23.0. The maximum Gasteiger partial charge on any atom is 0.342 e. The molecule has 48 heavy (non-hydrogen) atoms. The lowest BCUT2D eigenvalue weighted by atomic mass is 10.0. The van der Waals surface area contributed by atoms with Gasteiger partial charge < -0.3 is 45.2 Å². The molecule has 8 N–H and O–H groups in total. The summed E-state index contributed by atoms with van der Waals surface area (Å²) < 4.78 is 41.5. The Labute approximate surface area is 282 Å². The first kappa shape index (κ1) is 41.3. The summed E-state index contributed by atoms with van der Waals surface area (Å²) >= 11 is 0. The Hall–Kier alpha value is -2.92. The molecule has 1 fully saturated rings. The number of esters is 2. The summed E-state index contributed by atoms with van der Waals surface area (Å²) in [7, 11) is -1.64. The third-order valence-electron chi connectivity index (χ3n) is 7.90. The predicted octanol–water partition coefficient (Wildman–Crippen LogP) is 1.98. The Kier molecular flexibility index (Phi) is 15.6. The molecule has 0 aliphatic heterocycles. The molecule has 1 aliphatic carbocycles. The van der Waals surface area contributed by atoms with Crippen LogP contribution in [0, 0.1) is 23.7 Å². The quantitative estimate of drug-likeness (QED) is 0.0608. The molecule has 0 bridgehead atoms. The fourth-order valence-electron chi connectivity index (χ4n) is 5.32. The van der Waals surface area contributed by atoms with Crippen molar-refractivity contribution in [3.8, 4) is 5.88 Å². The van der Waals surface area contributed by atoms with Crippen LogP contribution in [0.2, 0.25) is 0 Å². The first-order chi connectivity index (χ1) is 22.5. The molecular weight excluding hydrogens is 649 g/mol. The molecule has 1 aromatic rings. The van der Waals surface area contributed by atoms with Crippen LogP contribution in [0.25, 0.3) is 0 Å². The van der Waals surface area contributed by atoms with E-state index in [1.807, 2.05) is 27.7 Å². The van der Waals surface area contributed by atoms with E-state index in [0.717, 1.165) is 0 Å². The summed E-state index contributed by atoms with van der Waals surface area (Å²) in [5, 5.41) is 28.4. The topological polar surface area (TPSA) is 252 Å². The largest absolute Gasteiger partial charge is 0.479 e. The van der Waals surface area contributed by atoms with E-state index < -0.39 is 67.9 Å². The van der Waals surface area contributed by atoms with Gasteiger partial charge >= 0.3 is 19.6 Å². The van der Waals surface area contributed by atoms with Crippen LogP contribution in [0.4, 0.5) is 17.5 Å². The number of methoxy groups -OCH3 is 2. The molecule has 17 nitrogen and oxygen atoms in total. The molecule has 7 atom stereocenters. The number of rotatable bonds is 21. The highest BCUT2D eigenvalue weighted by Gasteiger charge is 2.66. The molecule has 2 rings (SSSR count). The number of nitrogen functional groups attached to an aromatic ring is 2. The fraction of sp³-hybridized carbons (Fsp3) is 0.767. The van der Waals surface area contributed by atoms with Gasteiger partial charge in [-0.1, -0.05) is 34.6 Å². The van der Waals surface area contributed by atoms with Crippen LogP contribution < -0.4 is 26.4 Å². The van der Waals surface area contributed by atoms with Gasteiger partial charge in [0.25, 0.3) is 0 Å². The van der Waals surface area contributed by atoms with Gasteiger partial charge in [0.2, 0.25) is 11.8 Å². The summed E-state index contributed by atoms with van der Waals surface area (Å²) in [6, 6.07) is -2.13. The molecule has 1 aliphatic rings. The third kappa shape index (κ3) is 10.8. The number of nitrogens with two attached hydrogens (primary N) is 2. The minimum Gasteiger partial charge on any atom is -0.479 e. The molecule has 1 aromatic heterocycles. The molecule has 0 aromatic carbocycles. The Morgan fingerprint density at radius 2 is 1.54 bits per heavy atom. The molecule has 18 heteroatoms. The van der Waals surface area contributed by atoms with Gasteiger partial charge in [-0.25, -0.2) is 10.2 Å². The van der Waals surface area contributed by atoms with Gasteiger partial charge in [0, 0.05) is 19.2 Å². The van der Waals surface area contributed by atoms with E-state index in [4.69, 9.17) is 34.9 Å². The Balaban J connectivity index is 2.37. The maximum absolute atomic E-state index is 14.5. The summed E-state index contributed by atoms with van der Waals surface area (Å²) in [5.41, 5.74) is 9.94. The molecule has 6 unspecified atom stereocenters. The van der Waals surface area contributed by atoms with Gasteiger partial charge in [-0.2, -0.15) is 9.97 Å². The van der Waals surface area contributed by atoms with E-state index >= 15 is 0 Å². The monoisotopic (exact) mass is 703 g/mol. The van der Waals surface area contributed by atoms with E-state index in [-0.39, 0.29) is 61.2 Å². The summed E-state index contributed by atoms with van der Waals surface area (Å²) in [6.07, 6.45) is -0.896. The minimum absolute atomic E-state index is 0.00950. The number of anilines is 2. The second-order valence-corrected chi connectivity index (χ2v) is 14.4. The second kappa shape index (κ2) is 18.2. The van der Waals surface area contributed by atoms with E-state index in [0.29, 0.717) is 0 Å². The minimum atomic E-state index is -4.29. The van der Waals surface area contributed by atoms with Crippen molar-refractivity contribution in [3.05, 3.63) is 0 Å². The van der Waals surface area contributed by atoms with E-state index in [1.54, 1.807) is 20.8 Å². The van der Waals surface area contributed by atoms with Crippen LogP contribution >= 0.6 is 7.67 Å². The molecule has 1 heterocycles. The van der Waals surface area contributed by atoms with Gasteiger partial charge in [-0.15, -0.1) is 0 Å². The SMILES string of the molecule is CCOC(=O)C(CC(C)C)NP(=O)(NC(CC(C)C)C(=O)OCC)OCC(OC)C(O)[C@]1(O)C(C)C1C=Nc1c(N)nc(N)nc1OC. The predicted molar refractivity (Wildman–Crippen MR) is 180 cm³/mol. The number of aliphatic hydroxyl groups excluding tert-OH is 1. The van der Waals surface area contributed by atoms with Crippen LogP contribution in [-0.4, -0.2) is 102 Å². The number of ether oxygens (including phenoxy) is 4. The zero-order valence-electron chi connectivity index (χ0n) is 29.3. The number of carbonyl (C=O) groups is 2. The van der Waals surface area contributed by atoms with Gasteiger partial charge in [-0.05, 0) is 44.4 Å². The number of aromatic nitrogens is 2. The number of aliphatic hydroxyl groups is 2. The second-order valence-electron chi connectivity index (χ2n) is 12.5. The Morgan fingerprint density at radius 1 is 1.02 bits per heavy atom. The van der Waals surface area contributed by atoms with Crippen LogP contribution in [0.3, 0.4) is 0 Å². The van der Waals surface area contributed by atoms with Crippen molar-refractivity contribution in [2.75, 3.05) is 45.5 Å². The van der Waals surface area contributed by atoms with Crippen molar-refractivity contribution in [2.45, 2.75) is 91.2 Å². The molecule has 0 saturated heterocycles. The molecular formula is C30H54N7O10P. The van der Waals surface area contributed by atoms with Gasteiger partial charge in [0.05, 0.1) is 26.9 Å². The van der Waals surface area contributed by atoms with Crippen molar-refractivity contribution >= 4 is 43.3 Å². The Morgan fingerprint density at radius 3 is 1.98 bits per heavy atom. The third-order valence-corrected chi connectivity index (χ3v) is 9.72. The summed E-state index contributed by atoms with van der Waals surface area (Å²) in [4.78, 5) is 37.9. The summed E-state index contributed by atoms with van der Waals surface area (Å²) in [5.74, 6) is -2.60. The zero-order chi connectivity index (χ0) is 36.4. The van der Waals surface area contributed by atoms with Crippen molar-refractivity contribution in [1.29, 1.82) is 0 Å². The van der Waals surface area contributed by atoms with Crippen molar-refractivity contribution in [1.82, 2.24) is 20.1 Å². The lowest BCUT2D eigenvalue weighted by Gasteiger charge is -2.32. The highest BCUT2D eigenvalue weighted by molar-refractivity contribution is 7.54. The number of nitrogens with zero attached hydrogens (tertiary/aromatic N) is 3. The highest BCUT2D eigenvalue weighted by Crippen LogP contribution is 2.53. The van der Waals surface area contributed by atoms with E-state index in [1.165, 1.54) is 20.4 Å². The molecule has 0 amide bonds. The van der Waals surface area contributed by atoms with E-state index in [2.05, 4.69) is 25.1 Å². The lowest BCUT2D eigenvalue weighted by Crippen LogP contribution is -2.48. The first-order valence-corrected chi connectivity index (χ1v) is 17.7. The van der Waals surface area contributed by atoms with Gasteiger partial charge in [0.15, 0.2) is 11.5 Å². The van der Waals surface area contributed by atoms with Crippen LogP contribution in [0.5, 0.6) is 5.88 Å². The average molecular weight is 704 g/mol. The van der Waals surface area contributed by atoms with Gasteiger partial charge in [-0.3, -0.25) is 19.1 Å². The lowest BCUT2D eigenvalue weighted by molar-refractivity contribution is -0.146. The number of aliphatic imine (C=N–C) groups is 1. The smallest absolute Gasteiger partial charge is 0.342 e. The van der Waals surface area contributed by atoms with Crippen molar-refractivity contribution in [3.63, 3.8) is 0 Å². The maximum atomic E-state index is 14.5. The Bertz CT molecular complexity index is 1260. The van der Waals surface area contributed by atoms with Crippen molar-refractivity contribution in [2.24, 2.45) is 28.7 Å². The molecule has 1 saturated carbocycles. The summed E-state index contributed by atoms with van der Waals surface area (Å²) in [6.45, 7) is 12.2. The fourth-order valence-corrected chi connectivity index (χ4v) is 7.15. The number of hydrogen-bond acceptors (Lipinski definition) is 15. The molecule has 0 radical (unpaired) electrons. The van der Waals surface area contributed by atoms with Crippen LogP contribution in [0.15, 0.2) is 4.99 Å². The van der Waals surface area contributed by atoms with Crippen LogP contribution in [-0.2, 0) is 32.9 Å². The van der Waals surface area contributed by atoms with Crippen molar-refractivity contribution < 1.29 is 47.8 Å². The average Bonchev–Trinajstić information content (AvgIpc) is 3.54. The number of carbonyl (C=O) groups excluding carboxylic acids is 2. The highest BCUT2D eigenvalue weighted by atomic mass is 31.2. The first-order valence-electron chi connectivity index (χ1n) is 16.0.